The Labute approximate surface area is 133 Å². The average molecular weight is 302 g/mol. The molecule has 2 fully saturated rings. The minimum Gasteiger partial charge on any atom is -0.415 e. The highest BCUT2D eigenvalue weighted by Gasteiger charge is 2.28. The third-order valence-corrected chi connectivity index (χ3v) is 5.37. The molecule has 0 N–H and O–H groups in total. The molecule has 0 unspecified atom stereocenters. The van der Waals surface area contributed by atoms with Crippen LogP contribution in [0.25, 0.3) is 0 Å². The molecule has 22 heavy (non-hydrogen) atoms. The topological polar surface area (TPSA) is 26.3 Å². The number of quaternary nitrogens is 1. The van der Waals surface area contributed by atoms with Gasteiger partial charge in [0.2, 0.25) is 6.73 Å². The molecule has 3 rings (SSSR count). The third kappa shape index (κ3) is 3.70. The van der Waals surface area contributed by atoms with Gasteiger partial charge in [-0.1, -0.05) is 37.1 Å². The number of benzene rings is 1. The van der Waals surface area contributed by atoms with E-state index in [1.165, 1.54) is 49.7 Å². The Morgan fingerprint density at radius 2 is 1.82 bits per heavy atom. The van der Waals surface area contributed by atoms with Crippen molar-refractivity contribution in [2.45, 2.75) is 50.9 Å². The lowest BCUT2D eigenvalue weighted by atomic mass is 9.91. The first-order chi connectivity index (χ1) is 10.7. The van der Waals surface area contributed by atoms with Gasteiger partial charge in [0.15, 0.2) is 0 Å². The summed E-state index contributed by atoms with van der Waals surface area (Å²) in [5.41, 5.74) is 2.54. The van der Waals surface area contributed by atoms with Crippen LogP contribution >= 0.6 is 0 Å². The number of rotatable bonds is 5. The molecule has 120 valence electrons. The van der Waals surface area contributed by atoms with Crippen LogP contribution in [-0.4, -0.2) is 37.3 Å². The van der Waals surface area contributed by atoms with E-state index < -0.39 is 0 Å². The van der Waals surface area contributed by atoms with Crippen molar-refractivity contribution >= 4 is 5.97 Å². The van der Waals surface area contributed by atoms with E-state index in [9.17, 15) is 4.79 Å². The summed E-state index contributed by atoms with van der Waals surface area (Å²) in [5, 5.41) is 0. The van der Waals surface area contributed by atoms with Gasteiger partial charge in [0.1, 0.15) is 0 Å². The van der Waals surface area contributed by atoms with Gasteiger partial charge in [0.05, 0.1) is 26.6 Å². The van der Waals surface area contributed by atoms with Crippen molar-refractivity contribution in [3.05, 3.63) is 35.4 Å². The van der Waals surface area contributed by atoms with Crippen molar-refractivity contribution in [2.75, 3.05) is 26.9 Å². The van der Waals surface area contributed by atoms with E-state index in [0.29, 0.717) is 19.1 Å². The van der Waals surface area contributed by atoms with Crippen LogP contribution in [0.15, 0.2) is 24.3 Å². The van der Waals surface area contributed by atoms with E-state index in [-0.39, 0.29) is 5.97 Å². The first kappa shape index (κ1) is 15.5. The Morgan fingerprint density at radius 3 is 2.55 bits per heavy atom. The molecular formula is C19H28NO2+. The van der Waals surface area contributed by atoms with Crippen LogP contribution < -0.4 is 0 Å². The van der Waals surface area contributed by atoms with Crippen molar-refractivity contribution < 1.29 is 14.0 Å². The Bertz CT molecular complexity index is 514. The molecule has 2 aliphatic rings. The molecule has 3 heteroatoms. The molecular weight excluding hydrogens is 274 g/mol. The van der Waals surface area contributed by atoms with Crippen LogP contribution in [0.3, 0.4) is 0 Å². The van der Waals surface area contributed by atoms with Gasteiger partial charge in [-0.3, -0.25) is 9.28 Å². The summed E-state index contributed by atoms with van der Waals surface area (Å²) < 4.78 is 6.47. The third-order valence-electron chi connectivity index (χ3n) is 5.37. The molecule has 3 nitrogen and oxygen atoms in total. The van der Waals surface area contributed by atoms with Crippen molar-refractivity contribution in [3.63, 3.8) is 0 Å². The molecule has 0 spiro atoms. The molecule has 0 amide bonds. The number of ether oxygens (including phenoxy) is 1. The molecule has 1 aliphatic carbocycles. The second-order valence-corrected chi connectivity index (χ2v) is 7.28. The zero-order chi connectivity index (χ0) is 15.4. The fourth-order valence-electron chi connectivity index (χ4n) is 3.99. The number of hydrogen-bond donors (Lipinski definition) is 0. The van der Waals surface area contributed by atoms with Crippen LogP contribution in [-0.2, 0) is 16.0 Å². The lowest BCUT2D eigenvalue weighted by Gasteiger charge is -2.28. The van der Waals surface area contributed by atoms with E-state index in [1.807, 2.05) is 6.07 Å². The highest BCUT2D eigenvalue weighted by atomic mass is 16.5. The molecule has 1 aromatic carbocycles. The van der Waals surface area contributed by atoms with Gasteiger partial charge in [0, 0.05) is 12.8 Å². The fourth-order valence-corrected chi connectivity index (χ4v) is 3.99. The minimum absolute atomic E-state index is 0.0725. The summed E-state index contributed by atoms with van der Waals surface area (Å²) in [7, 11) is 2.19. The maximum Gasteiger partial charge on any atom is 0.314 e. The van der Waals surface area contributed by atoms with Crippen LogP contribution in [0.5, 0.6) is 0 Å². The molecule has 0 bridgehead atoms. The number of carbonyl (C=O) groups excluding carboxylic acids is 1. The summed E-state index contributed by atoms with van der Waals surface area (Å²) in [6, 6.07) is 8.43. The van der Waals surface area contributed by atoms with Crippen LogP contribution in [0.4, 0.5) is 0 Å². The molecule has 0 aromatic heterocycles. The van der Waals surface area contributed by atoms with Crippen molar-refractivity contribution in [1.82, 2.24) is 0 Å². The van der Waals surface area contributed by atoms with Gasteiger partial charge in [-0.05, 0) is 29.9 Å². The monoisotopic (exact) mass is 302 g/mol. The molecule has 0 radical (unpaired) electrons. The van der Waals surface area contributed by atoms with E-state index in [0.717, 1.165) is 17.6 Å². The summed E-state index contributed by atoms with van der Waals surface area (Å²) in [4.78, 5) is 12.2. The first-order valence-electron chi connectivity index (χ1n) is 8.73. The number of likely N-dealkylation sites (tertiary alicyclic amines) is 1. The van der Waals surface area contributed by atoms with Gasteiger partial charge in [-0.2, -0.15) is 0 Å². The van der Waals surface area contributed by atoms with Crippen LogP contribution in [0.2, 0.25) is 0 Å². The predicted molar refractivity (Wildman–Crippen MR) is 87.5 cm³/mol. The Kier molecular flexibility index (Phi) is 4.82. The molecule has 0 atom stereocenters. The highest BCUT2D eigenvalue weighted by Crippen LogP contribution is 2.35. The summed E-state index contributed by atoms with van der Waals surface area (Å²) in [6.45, 7) is 2.79. The zero-order valence-electron chi connectivity index (χ0n) is 13.7. The van der Waals surface area contributed by atoms with E-state index in [1.54, 1.807) is 0 Å². The Morgan fingerprint density at radius 1 is 1.14 bits per heavy atom. The first-order valence-corrected chi connectivity index (χ1v) is 8.73. The minimum atomic E-state index is -0.0725. The summed E-state index contributed by atoms with van der Waals surface area (Å²) in [5.74, 6) is 0.573. The van der Waals surface area contributed by atoms with E-state index in [2.05, 4.69) is 25.2 Å². The molecule has 1 saturated carbocycles. The number of carbonyl (C=O) groups is 1. The maximum absolute atomic E-state index is 12.2. The number of nitrogens with zero attached hydrogens (tertiary/aromatic N) is 1. The van der Waals surface area contributed by atoms with Crippen molar-refractivity contribution in [3.8, 4) is 0 Å². The van der Waals surface area contributed by atoms with Gasteiger partial charge in [0.25, 0.3) is 0 Å². The normalized spacial score (nSPS) is 21.1. The second kappa shape index (κ2) is 6.82. The smallest absolute Gasteiger partial charge is 0.314 e. The lowest BCUT2D eigenvalue weighted by Crippen LogP contribution is -2.43. The van der Waals surface area contributed by atoms with Gasteiger partial charge < -0.3 is 4.74 Å². The van der Waals surface area contributed by atoms with Crippen LogP contribution in [0, 0.1) is 0 Å². The van der Waals surface area contributed by atoms with Crippen molar-refractivity contribution in [2.24, 2.45) is 0 Å². The van der Waals surface area contributed by atoms with Gasteiger partial charge in [-0.25, -0.2) is 0 Å². The predicted octanol–water partition coefficient (Wildman–Crippen LogP) is 3.63. The van der Waals surface area contributed by atoms with Gasteiger partial charge in [-0.15, -0.1) is 0 Å². The van der Waals surface area contributed by atoms with Gasteiger partial charge >= 0.3 is 5.97 Å². The Hall–Kier alpha value is -1.35. The second-order valence-electron chi connectivity index (χ2n) is 7.28. The number of hydrogen-bond acceptors (Lipinski definition) is 2. The molecule has 1 heterocycles. The molecule has 1 saturated heterocycles. The molecule has 1 aromatic rings. The lowest BCUT2D eigenvalue weighted by molar-refractivity contribution is -0.914. The summed E-state index contributed by atoms with van der Waals surface area (Å²) >= 11 is 0. The number of esters is 1. The largest absolute Gasteiger partial charge is 0.415 e. The van der Waals surface area contributed by atoms with E-state index >= 15 is 0 Å². The Balaban J connectivity index is 1.59. The SMILES string of the molecule is C[N+]1(COC(=O)Cc2ccccc2C2CCCC2)CCCC1. The average Bonchev–Trinajstić information content (AvgIpc) is 3.18. The zero-order valence-corrected chi connectivity index (χ0v) is 13.7. The molecule has 1 aliphatic heterocycles. The van der Waals surface area contributed by atoms with Crippen molar-refractivity contribution in [1.29, 1.82) is 0 Å². The van der Waals surface area contributed by atoms with E-state index in [4.69, 9.17) is 4.74 Å². The standard InChI is InChI=1S/C19H28NO2/c1-20(12-6-7-13-20)15-22-19(21)14-17-10-4-5-11-18(17)16-8-2-3-9-16/h4-5,10-11,16H,2-3,6-9,12-15H2,1H3/q+1. The summed E-state index contributed by atoms with van der Waals surface area (Å²) in [6.07, 6.45) is 8.09. The maximum atomic E-state index is 12.2. The fraction of sp³-hybridized carbons (Fsp3) is 0.632. The van der Waals surface area contributed by atoms with Crippen LogP contribution in [0.1, 0.15) is 55.6 Å². The highest BCUT2D eigenvalue weighted by molar-refractivity contribution is 5.73. The quantitative estimate of drug-likeness (QED) is 0.613.